The first kappa shape index (κ1) is 24.7. The van der Waals surface area contributed by atoms with E-state index in [1.54, 1.807) is 43.3 Å². The monoisotopic (exact) mass is 519 g/mol. The number of carbonyl (C=O) groups excluding carboxylic acids is 3. The smallest absolute Gasteiger partial charge is 0.344 e. The molecule has 4 rings (SSSR count). The van der Waals surface area contributed by atoms with Crippen LogP contribution in [0.5, 0.6) is 23.0 Å². The average Bonchev–Trinajstić information content (AvgIpc) is 3.38. The number of rotatable bonds is 9. The van der Waals surface area contributed by atoms with E-state index in [9.17, 15) is 14.4 Å². The highest BCUT2D eigenvalue weighted by molar-refractivity contribution is 8.18. The molecule has 11 heteroatoms. The molecule has 0 N–H and O–H groups in total. The van der Waals surface area contributed by atoms with Gasteiger partial charge in [-0.15, -0.1) is 0 Å². The zero-order chi connectivity index (χ0) is 24.9. The lowest BCUT2D eigenvalue weighted by molar-refractivity contribution is -0.145. The molecule has 2 heterocycles. The summed E-state index contributed by atoms with van der Waals surface area (Å²) in [7, 11) is 0. The fourth-order valence-corrected chi connectivity index (χ4v) is 4.43. The summed E-state index contributed by atoms with van der Waals surface area (Å²) in [6.45, 7) is 3.99. The van der Waals surface area contributed by atoms with E-state index >= 15 is 0 Å². The first-order valence-corrected chi connectivity index (χ1v) is 12.0. The Labute approximate surface area is 210 Å². The number of hydrogen-bond acceptors (Lipinski definition) is 9. The largest absolute Gasteiger partial charge is 0.490 e. The number of amides is 2. The van der Waals surface area contributed by atoms with E-state index in [1.165, 1.54) is 0 Å². The van der Waals surface area contributed by atoms with Crippen LogP contribution in [-0.2, 0) is 20.9 Å². The fraction of sp³-hybridized carbons (Fsp3) is 0.292. The van der Waals surface area contributed by atoms with E-state index in [1.807, 2.05) is 6.92 Å². The molecule has 1 fully saturated rings. The summed E-state index contributed by atoms with van der Waals surface area (Å²) in [4.78, 5) is 38.6. The molecule has 0 atom stereocenters. The number of nitrogens with zero attached hydrogens (tertiary/aromatic N) is 1. The molecule has 2 aliphatic heterocycles. The van der Waals surface area contributed by atoms with Crippen LogP contribution in [0.15, 0.2) is 35.2 Å². The Bertz CT molecular complexity index is 1200. The van der Waals surface area contributed by atoms with Crippen molar-refractivity contribution in [2.45, 2.75) is 20.4 Å². The summed E-state index contributed by atoms with van der Waals surface area (Å²) in [5, 5.41) is -0.0357. The molecule has 9 nitrogen and oxygen atoms in total. The molecule has 0 bridgehead atoms. The summed E-state index contributed by atoms with van der Waals surface area (Å²) in [5.74, 6) is 0.873. The van der Waals surface area contributed by atoms with E-state index < -0.39 is 17.1 Å². The van der Waals surface area contributed by atoms with Gasteiger partial charge in [0.25, 0.3) is 11.1 Å². The second-order valence-electron chi connectivity index (χ2n) is 7.30. The van der Waals surface area contributed by atoms with Gasteiger partial charge in [-0.05, 0) is 61.0 Å². The van der Waals surface area contributed by atoms with E-state index in [2.05, 4.69) is 0 Å². The molecule has 0 unspecified atom stereocenters. The molecule has 0 spiro atoms. The summed E-state index contributed by atoms with van der Waals surface area (Å²) in [6, 6.07) is 8.28. The highest BCUT2D eigenvalue weighted by Gasteiger charge is 2.35. The first-order valence-electron chi connectivity index (χ1n) is 10.8. The van der Waals surface area contributed by atoms with Crippen LogP contribution in [0.2, 0.25) is 5.02 Å². The summed E-state index contributed by atoms with van der Waals surface area (Å²) in [5.41, 5.74) is 1.20. The van der Waals surface area contributed by atoms with Crippen molar-refractivity contribution < 1.29 is 38.1 Å². The normalized spacial score (nSPS) is 15.6. The maximum atomic E-state index is 13.0. The van der Waals surface area contributed by atoms with E-state index in [4.69, 9.17) is 35.3 Å². The van der Waals surface area contributed by atoms with Crippen molar-refractivity contribution in [1.82, 2.24) is 4.90 Å². The lowest BCUT2D eigenvalue weighted by Crippen LogP contribution is -2.27. The number of benzene rings is 2. The van der Waals surface area contributed by atoms with Gasteiger partial charge in [0.05, 0.1) is 24.7 Å². The molecular formula is C24H22ClNO8S. The second kappa shape index (κ2) is 10.9. The van der Waals surface area contributed by atoms with Crippen molar-refractivity contribution in [2.24, 2.45) is 0 Å². The Morgan fingerprint density at radius 1 is 1.09 bits per heavy atom. The molecule has 35 heavy (non-hydrogen) atoms. The van der Waals surface area contributed by atoms with Crippen LogP contribution in [-0.4, -0.2) is 48.6 Å². The van der Waals surface area contributed by atoms with Gasteiger partial charge in [0, 0.05) is 11.1 Å². The number of thioether (sulfide) groups is 1. The van der Waals surface area contributed by atoms with Gasteiger partial charge in [-0.2, -0.15) is 0 Å². The lowest BCUT2D eigenvalue weighted by atomic mass is 10.1. The number of esters is 1. The van der Waals surface area contributed by atoms with Crippen LogP contribution in [0.3, 0.4) is 0 Å². The number of halogens is 1. The predicted octanol–water partition coefficient (Wildman–Crippen LogP) is 4.65. The average molecular weight is 520 g/mol. The summed E-state index contributed by atoms with van der Waals surface area (Å²) >= 11 is 7.15. The first-order chi connectivity index (χ1) is 16.9. The standard InChI is InChI=1S/C24H22ClNO8S/c1-3-30-18-7-14(5-6-17(18)32-12-22(27)31-4-2)8-21-23(28)26(24(29)35-21)11-15-9-19-20(10-16(15)25)34-13-33-19/h5-10H,3-4,11-13H2,1-2H3/b21-8-. The van der Waals surface area contributed by atoms with Crippen molar-refractivity contribution in [2.75, 3.05) is 26.6 Å². The minimum absolute atomic E-state index is 0.00229. The van der Waals surface area contributed by atoms with Gasteiger partial charge >= 0.3 is 5.97 Å². The van der Waals surface area contributed by atoms with Crippen LogP contribution >= 0.6 is 23.4 Å². The minimum Gasteiger partial charge on any atom is -0.490 e. The number of ether oxygens (including phenoxy) is 5. The Hall–Kier alpha value is -3.37. The van der Waals surface area contributed by atoms with Crippen molar-refractivity contribution in [3.8, 4) is 23.0 Å². The van der Waals surface area contributed by atoms with Gasteiger partial charge in [-0.3, -0.25) is 14.5 Å². The quantitative estimate of drug-likeness (QED) is 0.346. The van der Waals surface area contributed by atoms with Crippen molar-refractivity contribution in [3.63, 3.8) is 0 Å². The number of hydrogen-bond donors (Lipinski definition) is 0. The molecule has 0 radical (unpaired) electrons. The summed E-state index contributed by atoms with van der Waals surface area (Å²) < 4.78 is 26.6. The number of fused-ring (bicyclic) bond motifs is 1. The van der Waals surface area contributed by atoms with Gasteiger partial charge in [0.15, 0.2) is 29.6 Å². The van der Waals surface area contributed by atoms with Crippen LogP contribution in [0, 0.1) is 0 Å². The Balaban J connectivity index is 1.50. The van der Waals surface area contributed by atoms with Gasteiger partial charge in [0.1, 0.15) is 0 Å². The zero-order valence-corrected chi connectivity index (χ0v) is 20.6. The maximum absolute atomic E-state index is 13.0. The summed E-state index contributed by atoms with van der Waals surface area (Å²) in [6.07, 6.45) is 1.60. The SMILES string of the molecule is CCOC(=O)COc1ccc(/C=C2\SC(=O)N(Cc3cc4c(cc3Cl)OCO4)C2=O)cc1OCC. The molecule has 1 saturated heterocycles. The molecule has 2 aliphatic rings. The van der Waals surface area contributed by atoms with Gasteiger partial charge in [-0.25, -0.2) is 4.79 Å². The van der Waals surface area contributed by atoms with Crippen LogP contribution < -0.4 is 18.9 Å². The van der Waals surface area contributed by atoms with Crippen molar-refractivity contribution in [3.05, 3.63) is 51.4 Å². The van der Waals surface area contributed by atoms with E-state index in [0.29, 0.717) is 45.8 Å². The molecule has 2 aromatic rings. The molecular weight excluding hydrogens is 498 g/mol. The highest BCUT2D eigenvalue weighted by atomic mass is 35.5. The Kier molecular flexibility index (Phi) is 7.72. The lowest BCUT2D eigenvalue weighted by Gasteiger charge is -2.14. The number of imide groups is 1. The zero-order valence-electron chi connectivity index (χ0n) is 19.0. The minimum atomic E-state index is -0.490. The molecule has 2 amide bonds. The third kappa shape index (κ3) is 5.66. The molecule has 184 valence electrons. The second-order valence-corrected chi connectivity index (χ2v) is 8.70. The van der Waals surface area contributed by atoms with Gasteiger partial charge < -0.3 is 23.7 Å². The fourth-order valence-electron chi connectivity index (χ4n) is 3.38. The Morgan fingerprint density at radius 2 is 1.86 bits per heavy atom. The van der Waals surface area contributed by atoms with Crippen LogP contribution in [0.25, 0.3) is 6.08 Å². The van der Waals surface area contributed by atoms with Gasteiger partial charge in [-0.1, -0.05) is 17.7 Å². The van der Waals surface area contributed by atoms with Crippen molar-refractivity contribution in [1.29, 1.82) is 0 Å². The highest BCUT2D eigenvalue weighted by Crippen LogP contribution is 2.40. The van der Waals surface area contributed by atoms with Gasteiger partial charge in [0.2, 0.25) is 6.79 Å². The maximum Gasteiger partial charge on any atom is 0.344 e. The molecule has 0 aliphatic carbocycles. The van der Waals surface area contributed by atoms with E-state index in [-0.39, 0.29) is 31.5 Å². The molecule has 0 saturated carbocycles. The topological polar surface area (TPSA) is 101 Å². The number of carbonyl (C=O) groups is 3. The van der Waals surface area contributed by atoms with Crippen LogP contribution in [0.4, 0.5) is 4.79 Å². The Morgan fingerprint density at radius 3 is 2.60 bits per heavy atom. The molecule has 2 aromatic carbocycles. The van der Waals surface area contributed by atoms with E-state index in [0.717, 1.165) is 16.7 Å². The van der Waals surface area contributed by atoms with Crippen molar-refractivity contribution >= 4 is 46.6 Å². The predicted molar refractivity (Wildman–Crippen MR) is 129 cm³/mol. The third-order valence-electron chi connectivity index (χ3n) is 4.96. The molecule has 0 aromatic heterocycles. The third-order valence-corrected chi connectivity index (χ3v) is 6.22. The van der Waals surface area contributed by atoms with Crippen LogP contribution in [0.1, 0.15) is 25.0 Å².